The van der Waals surface area contributed by atoms with Crippen molar-refractivity contribution in [3.63, 3.8) is 0 Å². The van der Waals surface area contributed by atoms with E-state index in [1.54, 1.807) is 17.1 Å². The SMILES string of the molecule is C=CCc1cc(/C=C2\SC(=O)N(CC(=O)N3CCCCC3)C2=O)cc(OCC)c1OCc1cccc2ccccc12. The fraction of sp³-hybridized carbons (Fsp3) is 0.303. The van der Waals surface area contributed by atoms with Gasteiger partial charge in [0.25, 0.3) is 11.1 Å². The molecule has 7 nitrogen and oxygen atoms in total. The van der Waals surface area contributed by atoms with E-state index >= 15 is 0 Å². The van der Waals surface area contributed by atoms with Gasteiger partial charge in [-0.3, -0.25) is 19.3 Å². The molecule has 0 spiro atoms. The zero-order chi connectivity index (χ0) is 28.8. The number of piperidine rings is 1. The molecule has 0 radical (unpaired) electrons. The maximum atomic E-state index is 13.2. The third-order valence-corrected chi connectivity index (χ3v) is 8.15. The van der Waals surface area contributed by atoms with Gasteiger partial charge >= 0.3 is 0 Å². The van der Waals surface area contributed by atoms with E-state index in [2.05, 4.69) is 30.8 Å². The number of fused-ring (bicyclic) bond motifs is 1. The Morgan fingerprint density at radius 1 is 1.00 bits per heavy atom. The number of hydrogen-bond acceptors (Lipinski definition) is 6. The number of nitrogens with zero attached hydrogens (tertiary/aromatic N) is 2. The maximum Gasteiger partial charge on any atom is 0.294 e. The van der Waals surface area contributed by atoms with Crippen molar-refractivity contribution >= 4 is 45.7 Å². The fourth-order valence-electron chi connectivity index (χ4n) is 5.24. The quantitative estimate of drug-likeness (QED) is 0.202. The van der Waals surface area contributed by atoms with Crippen molar-refractivity contribution in [3.05, 3.63) is 88.8 Å². The van der Waals surface area contributed by atoms with E-state index in [0.717, 1.165) is 57.8 Å². The van der Waals surface area contributed by atoms with Crippen molar-refractivity contribution in [2.45, 2.75) is 39.2 Å². The van der Waals surface area contributed by atoms with E-state index < -0.39 is 11.1 Å². The molecule has 2 saturated heterocycles. The Balaban J connectivity index is 1.39. The highest BCUT2D eigenvalue weighted by Crippen LogP contribution is 2.38. The Kier molecular flexibility index (Phi) is 9.09. The van der Waals surface area contributed by atoms with E-state index in [-0.39, 0.29) is 17.4 Å². The van der Waals surface area contributed by atoms with Gasteiger partial charge < -0.3 is 14.4 Å². The first-order chi connectivity index (χ1) is 20.0. The zero-order valence-electron chi connectivity index (χ0n) is 23.3. The van der Waals surface area contributed by atoms with Gasteiger partial charge in [-0.15, -0.1) is 6.58 Å². The molecule has 0 saturated carbocycles. The number of benzene rings is 3. The predicted molar refractivity (Wildman–Crippen MR) is 163 cm³/mol. The number of allylic oxidation sites excluding steroid dienone is 1. The molecular weight excluding hydrogens is 536 g/mol. The molecule has 2 aliphatic heterocycles. The van der Waals surface area contributed by atoms with Gasteiger partial charge in [-0.25, -0.2) is 0 Å². The van der Waals surface area contributed by atoms with Crippen molar-refractivity contribution in [2.24, 2.45) is 0 Å². The molecule has 3 amide bonds. The minimum Gasteiger partial charge on any atom is -0.490 e. The van der Waals surface area contributed by atoms with Crippen molar-refractivity contribution in [3.8, 4) is 11.5 Å². The third-order valence-electron chi connectivity index (χ3n) is 7.24. The summed E-state index contributed by atoms with van der Waals surface area (Å²) in [5, 5.41) is 1.84. The summed E-state index contributed by atoms with van der Waals surface area (Å²) >= 11 is 0.852. The summed E-state index contributed by atoms with van der Waals surface area (Å²) in [6, 6.07) is 18.1. The van der Waals surface area contributed by atoms with Crippen LogP contribution in [0.1, 0.15) is 42.9 Å². The molecule has 212 valence electrons. The highest BCUT2D eigenvalue weighted by atomic mass is 32.2. The molecule has 2 aliphatic rings. The number of imide groups is 1. The predicted octanol–water partition coefficient (Wildman–Crippen LogP) is 6.59. The molecule has 8 heteroatoms. The number of ether oxygens (including phenoxy) is 2. The first-order valence-electron chi connectivity index (χ1n) is 14.0. The van der Waals surface area contributed by atoms with Crippen LogP contribution in [0.5, 0.6) is 11.5 Å². The molecule has 3 aromatic rings. The van der Waals surface area contributed by atoms with Gasteiger partial charge in [0.15, 0.2) is 11.5 Å². The lowest BCUT2D eigenvalue weighted by Crippen LogP contribution is -2.44. The Labute approximate surface area is 244 Å². The monoisotopic (exact) mass is 570 g/mol. The van der Waals surface area contributed by atoms with E-state index in [1.165, 1.54) is 0 Å². The van der Waals surface area contributed by atoms with Crippen molar-refractivity contribution in [1.82, 2.24) is 9.80 Å². The highest BCUT2D eigenvalue weighted by molar-refractivity contribution is 8.18. The van der Waals surface area contributed by atoms with Crippen LogP contribution >= 0.6 is 11.8 Å². The average molecular weight is 571 g/mol. The molecule has 0 aromatic heterocycles. The van der Waals surface area contributed by atoms with Crippen LogP contribution in [0.25, 0.3) is 16.8 Å². The normalized spacial score (nSPS) is 16.5. The molecule has 5 rings (SSSR count). The third kappa shape index (κ3) is 6.49. The van der Waals surface area contributed by atoms with Crippen LogP contribution in [-0.4, -0.2) is 53.1 Å². The van der Waals surface area contributed by atoms with Gasteiger partial charge in [-0.2, -0.15) is 0 Å². The summed E-state index contributed by atoms with van der Waals surface area (Å²) in [7, 11) is 0. The van der Waals surface area contributed by atoms with Crippen molar-refractivity contribution < 1.29 is 23.9 Å². The lowest BCUT2D eigenvalue weighted by Gasteiger charge is -2.27. The van der Waals surface area contributed by atoms with Crippen LogP contribution in [0.2, 0.25) is 0 Å². The minimum atomic E-state index is -0.454. The Hall–Kier alpha value is -4.04. The summed E-state index contributed by atoms with van der Waals surface area (Å²) in [6.45, 7) is 7.71. The summed E-state index contributed by atoms with van der Waals surface area (Å²) in [4.78, 5) is 41.7. The summed E-state index contributed by atoms with van der Waals surface area (Å²) in [6.07, 6.45) is 6.99. The van der Waals surface area contributed by atoms with Crippen LogP contribution in [-0.2, 0) is 22.6 Å². The summed E-state index contributed by atoms with van der Waals surface area (Å²) in [5.74, 6) is 0.535. The second-order valence-corrected chi connectivity index (χ2v) is 11.1. The largest absolute Gasteiger partial charge is 0.490 e. The van der Waals surface area contributed by atoms with Crippen molar-refractivity contribution in [1.29, 1.82) is 0 Å². The van der Waals surface area contributed by atoms with Crippen LogP contribution in [0.15, 0.2) is 72.2 Å². The molecule has 0 unspecified atom stereocenters. The van der Waals surface area contributed by atoms with Crippen LogP contribution in [0.4, 0.5) is 4.79 Å². The minimum absolute atomic E-state index is 0.187. The molecule has 2 heterocycles. The van der Waals surface area contributed by atoms with Gasteiger partial charge in [0, 0.05) is 18.7 Å². The number of carbonyl (C=O) groups excluding carboxylic acids is 3. The standard InChI is InChI=1S/C33H34N2O5S/c1-3-11-25-18-23(20-29-32(37)35(33(38)41-29)21-30(36)34-16-8-5-9-17-34)19-28(39-4-2)31(25)40-22-26-14-10-13-24-12-6-7-15-27(24)26/h3,6-7,10,12-15,18-20H,1,4-5,8-9,11,16-17,21-22H2,2H3/b29-20-. The number of carbonyl (C=O) groups is 3. The van der Waals surface area contributed by atoms with Crippen LogP contribution in [0.3, 0.4) is 0 Å². The molecule has 0 N–H and O–H groups in total. The van der Waals surface area contributed by atoms with E-state index in [4.69, 9.17) is 9.47 Å². The molecule has 41 heavy (non-hydrogen) atoms. The zero-order valence-corrected chi connectivity index (χ0v) is 24.1. The number of rotatable bonds is 10. The number of hydrogen-bond donors (Lipinski definition) is 0. The van der Waals surface area contributed by atoms with Crippen LogP contribution < -0.4 is 9.47 Å². The Morgan fingerprint density at radius 3 is 2.56 bits per heavy atom. The van der Waals surface area contributed by atoms with E-state index in [0.29, 0.717) is 49.8 Å². The van der Waals surface area contributed by atoms with Crippen molar-refractivity contribution in [2.75, 3.05) is 26.2 Å². The molecule has 0 bridgehead atoms. The van der Waals surface area contributed by atoms with Gasteiger partial charge in [0.05, 0.1) is 11.5 Å². The second-order valence-electron chi connectivity index (χ2n) is 10.1. The molecule has 3 aromatic carbocycles. The van der Waals surface area contributed by atoms with E-state index in [1.807, 2.05) is 37.3 Å². The first kappa shape index (κ1) is 28.5. The smallest absolute Gasteiger partial charge is 0.294 e. The lowest BCUT2D eigenvalue weighted by atomic mass is 10.0. The molecule has 2 fully saturated rings. The van der Waals surface area contributed by atoms with E-state index in [9.17, 15) is 14.4 Å². The summed E-state index contributed by atoms with van der Waals surface area (Å²) in [5.41, 5.74) is 2.62. The first-order valence-corrected chi connectivity index (χ1v) is 14.8. The highest BCUT2D eigenvalue weighted by Gasteiger charge is 2.37. The Bertz CT molecular complexity index is 1500. The second kappa shape index (κ2) is 13.1. The fourth-order valence-corrected chi connectivity index (χ4v) is 6.07. The lowest BCUT2D eigenvalue weighted by molar-refractivity contribution is -0.136. The van der Waals surface area contributed by atoms with Crippen LogP contribution in [0, 0.1) is 0 Å². The van der Waals surface area contributed by atoms with Gasteiger partial charge in [0.1, 0.15) is 13.2 Å². The number of thioether (sulfide) groups is 1. The number of likely N-dealkylation sites (tertiary alicyclic amines) is 1. The molecule has 0 aliphatic carbocycles. The van der Waals surface area contributed by atoms with Gasteiger partial charge in [-0.05, 0) is 84.5 Å². The Morgan fingerprint density at radius 2 is 1.78 bits per heavy atom. The molecular formula is C33H34N2O5S. The maximum absolute atomic E-state index is 13.2. The average Bonchev–Trinajstić information content (AvgIpc) is 3.24. The molecule has 0 atom stereocenters. The van der Waals surface area contributed by atoms with Gasteiger partial charge in [0.2, 0.25) is 5.91 Å². The number of amides is 3. The summed E-state index contributed by atoms with van der Waals surface area (Å²) < 4.78 is 12.4. The topological polar surface area (TPSA) is 76.2 Å². The van der Waals surface area contributed by atoms with Gasteiger partial charge in [-0.1, -0.05) is 48.5 Å².